The predicted octanol–water partition coefficient (Wildman–Crippen LogP) is 0.0483. The Balaban J connectivity index is 2.20. The van der Waals surface area contributed by atoms with E-state index < -0.39 is 10.0 Å². The Labute approximate surface area is 125 Å². The van der Waals surface area contributed by atoms with Crippen LogP contribution in [-0.4, -0.2) is 56.3 Å². The lowest BCUT2D eigenvalue weighted by Gasteiger charge is -2.27. The lowest BCUT2D eigenvalue weighted by atomic mass is 10.3. The van der Waals surface area contributed by atoms with Crippen molar-refractivity contribution in [2.75, 3.05) is 37.6 Å². The molecule has 1 aliphatic rings. The Hall–Kier alpha value is -1.67. The van der Waals surface area contributed by atoms with Gasteiger partial charge in [-0.15, -0.1) is 0 Å². The Morgan fingerprint density at radius 2 is 2.05 bits per heavy atom. The van der Waals surface area contributed by atoms with Crippen molar-refractivity contribution in [1.29, 1.82) is 0 Å². The van der Waals surface area contributed by atoms with E-state index in [0.29, 0.717) is 32.0 Å². The molecule has 2 rings (SSSR count). The third kappa shape index (κ3) is 3.33. The van der Waals surface area contributed by atoms with Crippen LogP contribution in [0.5, 0.6) is 0 Å². The quantitative estimate of drug-likeness (QED) is 0.830. The number of nitrogens with one attached hydrogen (secondary N) is 1. The molecule has 7 nitrogen and oxygen atoms in total. The zero-order valence-electron chi connectivity index (χ0n) is 12.2. The molecule has 0 atom stereocenters. The monoisotopic (exact) mass is 312 g/mol. The second-order valence-electron chi connectivity index (χ2n) is 4.71. The third-order valence-electron chi connectivity index (χ3n) is 3.43. The zero-order chi connectivity index (χ0) is 15.5. The Kier molecular flexibility index (Phi) is 4.79. The first kappa shape index (κ1) is 15.7. The van der Waals surface area contributed by atoms with Gasteiger partial charge in [-0.1, -0.05) is 13.8 Å². The molecule has 0 bridgehead atoms. The van der Waals surface area contributed by atoms with E-state index in [1.54, 1.807) is 26.0 Å². The highest BCUT2D eigenvalue weighted by Gasteiger charge is 2.23. The lowest BCUT2D eigenvalue weighted by Crippen LogP contribution is -2.48. The normalized spacial score (nSPS) is 16.1. The molecule has 1 saturated heterocycles. The fourth-order valence-electron chi connectivity index (χ4n) is 2.26. The van der Waals surface area contributed by atoms with Gasteiger partial charge in [0.25, 0.3) is 0 Å². The van der Waals surface area contributed by atoms with Gasteiger partial charge in [0.15, 0.2) is 0 Å². The van der Waals surface area contributed by atoms with E-state index in [-0.39, 0.29) is 17.3 Å². The van der Waals surface area contributed by atoms with E-state index in [9.17, 15) is 13.2 Å². The molecule has 1 N–H and O–H groups in total. The first-order valence-corrected chi connectivity index (χ1v) is 8.41. The molecule has 0 aromatic carbocycles. The van der Waals surface area contributed by atoms with Crippen LogP contribution < -0.4 is 10.2 Å². The molecular formula is C13H20N4O3S. The van der Waals surface area contributed by atoms with Crippen LogP contribution in [0.15, 0.2) is 23.2 Å². The van der Waals surface area contributed by atoms with Crippen LogP contribution in [0.4, 0.5) is 5.82 Å². The van der Waals surface area contributed by atoms with Gasteiger partial charge in [-0.05, 0) is 12.1 Å². The summed E-state index contributed by atoms with van der Waals surface area (Å²) in [6, 6.07) is 3.19. The highest BCUT2D eigenvalue weighted by atomic mass is 32.2. The molecule has 1 fully saturated rings. The van der Waals surface area contributed by atoms with Gasteiger partial charge in [-0.3, -0.25) is 4.79 Å². The maximum atomic E-state index is 12.3. The minimum atomic E-state index is -3.49. The number of hydrogen-bond acceptors (Lipinski definition) is 5. The number of amides is 1. The molecule has 8 heteroatoms. The summed E-state index contributed by atoms with van der Waals surface area (Å²) in [6.07, 6.45) is 1.36. The van der Waals surface area contributed by atoms with Crippen LogP contribution in [0.1, 0.15) is 13.8 Å². The third-order valence-corrected chi connectivity index (χ3v) is 5.46. The number of carbonyl (C=O) groups excluding carboxylic acids is 1. The number of nitrogens with zero attached hydrogens (tertiary/aromatic N) is 3. The van der Waals surface area contributed by atoms with E-state index in [0.717, 1.165) is 0 Å². The number of carbonyl (C=O) groups is 1. The molecule has 2 heterocycles. The van der Waals surface area contributed by atoms with Crippen molar-refractivity contribution in [3.63, 3.8) is 0 Å². The standard InChI is InChI=1S/C13H20N4O3S/c1-3-17(4-2)21(19,20)11-5-6-12(15-9-11)16-8-7-14-13(18)10-16/h5-6,9H,3-4,7-8,10H2,1-2H3,(H,14,18). The first-order chi connectivity index (χ1) is 9.98. The molecule has 0 saturated carbocycles. The summed E-state index contributed by atoms with van der Waals surface area (Å²) in [4.78, 5) is 17.6. The van der Waals surface area contributed by atoms with Gasteiger partial charge in [0, 0.05) is 32.4 Å². The van der Waals surface area contributed by atoms with Crippen LogP contribution >= 0.6 is 0 Å². The molecule has 1 aliphatic heterocycles. The smallest absolute Gasteiger partial charge is 0.244 e. The highest BCUT2D eigenvalue weighted by molar-refractivity contribution is 7.89. The molecular weight excluding hydrogens is 292 g/mol. The molecule has 1 aromatic heterocycles. The van der Waals surface area contributed by atoms with Crippen molar-refractivity contribution < 1.29 is 13.2 Å². The topological polar surface area (TPSA) is 82.6 Å². The van der Waals surface area contributed by atoms with E-state index >= 15 is 0 Å². The molecule has 21 heavy (non-hydrogen) atoms. The van der Waals surface area contributed by atoms with E-state index in [1.807, 2.05) is 4.90 Å². The maximum absolute atomic E-state index is 12.3. The van der Waals surface area contributed by atoms with Crippen molar-refractivity contribution >= 4 is 21.7 Å². The van der Waals surface area contributed by atoms with Gasteiger partial charge >= 0.3 is 0 Å². The van der Waals surface area contributed by atoms with Gasteiger partial charge in [0.05, 0.1) is 6.54 Å². The van der Waals surface area contributed by atoms with Crippen molar-refractivity contribution in [3.05, 3.63) is 18.3 Å². The van der Waals surface area contributed by atoms with Crippen LogP contribution in [0.2, 0.25) is 0 Å². The minimum Gasteiger partial charge on any atom is -0.353 e. The van der Waals surface area contributed by atoms with Crippen LogP contribution in [-0.2, 0) is 14.8 Å². The van der Waals surface area contributed by atoms with Crippen molar-refractivity contribution in [1.82, 2.24) is 14.6 Å². The molecule has 116 valence electrons. The van der Waals surface area contributed by atoms with Crippen LogP contribution in [0, 0.1) is 0 Å². The zero-order valence-corrected chi connectivity index (χ0v) is 13.1. The number of rotatable bonds is 5. The van der Waals surface area contributed by atoms with Gasteiger partial charge < -0.3 is 10.2 Å². The summed E-state index contributed by atoms with van der Waals surface area (Å²) >= 11 is 0. The SMILES string of the molecule is CCN(CC)S(=O)(=O)c1ccc(N2CCNC(=O)C2)nc1. The summed E-state index contributed by atoms with van der Waals surface area (Å²) < 4.78 is 26.1. The van der Waals surface area contributed by atoms with Gasteiger partial charge in [-0.25, -0.2) is 13.4 Å². The number of anilines is 1. The van der Waals surface area contributed by atoms with Gasteiger partial charge in [0.2, 0.25) is 15.9 Å². The van der Waals surface area contributed by atoms with Crippen LogP contribution in [0.3, 0.4) is 0 Å². The minimum absolute atomic E-state index is 0.0529. The number of pyridine rings is 1. The summed E-state index contributed by atoms with van der Waals surface area (Å²) in [7, 11) is -3.49. The van der Waals surface area contributed by atoms with E-state index in [2.05, 4.69) is 10.3 Å². The summed E-state index contributed by atoms with van der Waals surface area (Å²) in [6.45, 7) is 5.93. The van der Waals surface area contributed by atoms with Crippen LogP contribution in [0.25, 0.3) is 0 Å². The fourth-order valence-corrected chi connectivity index (χ4v) is 3.66. The predicted molar refractivity (Wildman–Crippen MR) is 79.6 cm³/mol. The summed E-state index contributed by atoms with van der Waals surface area (Å²) in [5.41, 5.74) is 0. The Bertz CT molecular complexity index is 596. The fraction of sp³-hybridized carbons (Fsp3) is 0.538. The maximum Gasteiger partial charge on any atom is 0.244 e. The number of hydrogen-bond donors (Lipinski definition) is 1. The molecule has 0 radical (unpaired) electrons. The second kappa shape index (κ2) is 6.40. The summed E-state index contributed by atoms with van der Waals surface area (Å²) in [5, 5.41) is 2.74. The van der Waals surface area contributed by atoms with Crippen molar-refractivity contribution in [2.24, 2.45) is 0 Å². The van der Waals surface area contributed by atoms with Crippen molar-refractivity contribution in [3.8, 4) is 0 Å². The van der Waals surface area contributed by atoms with Crippen molar-refractivity contribution in [2.45, 2.75) is 18.7 Å². The second-order valence-corrected chi connectivity index (χ2v) is 6.65. The molecule has 0 spiro atoms. The van der Waals surface area contributed by atoms with E-state index in [1.165, 1.54) is 10.5 Å². The molecule has 1 aromatic rings. The van der Waals surface area contributed by atoms with Gasteiger partial charge in [-0.2, -0.15) is 4.31 Å². The average molecular weight is 312 g/mol. The first-order valence-electron chi connectivity index (χ1n) is 6.97. The molecule has 0 aliphatic carbocycles. The number of aromatic nitrogens is 1. The van der Waals surface area contributed by atoms with E-state index in [4.69, 9.17) is 0 Å². The number of sulfonamides is 1. The summed E-state index contributed by atoms with van der Waals surface area (Å²) in [5.74, 6) is 0.561. The Morgan fingerprint density at radius 1 is 1.33 bits per heavy atom. The molecule has 0 unspecified atom stereocenters. The lowest BCUT2D eigenvalue weighted by molar-refractivity contribution is -0.120. The average Bonchev–Trinajstić information content (AvgIpc) is 2.48. The molecule has 1 amide bonds. The van der Waals surface area contributed by atoms with Gasteiger partial charge in [0.1, 0.15) is 10.7 Å². The number of piperazine rings is 1. The highest BCUT2D eigenvalue weighted by Crippen LogP contribution is 2.18. The largest absolute Gasteiger partial charge is 0.353 e. The Morgan fingerprint density at radius 3 is 2.57 bits per heavy atom.